The van der Waals surface area contributed by atoms with Gasteiger partial charge in [0.05, 0.1) is 17.0 Å². The van der Waals surface area contributed by atoms with E-state index in [2.05, 4.69) is 20.6 Å². The average Bonchev–Trinajstić information content (AvgIpc) is 3.22. The van der Waals surface area contributed by atoms with Gasteiger partial charge in [-0.3, -0.25) is 14.6 Å². The van der Waals surface area contributed by atoms with Crippen molar-refractivity contribution in [2.45, 2.75) is 44.8 Å². The summed E-state index contributed by atoms with van der Waals surface area (Å²) in [5.74, 6) is -0.0978. The maximum absolute atomic E-state index is 12.7. The lowest BCUT2D eigenvalue weighted by atomic mass is 9.75. The lowest BCUT2D eigenvalue weighted by Crippen LogP contribution is -2.43. The molecule has 9 heteroatoms. The highest BCUT2D eigenvalue weighted by Gasteiger charge is 2.34. The van der Waals surface area contributed by atoms with Gasteiger partial charge in [-0.1, -0.05) is 12.1 Å². The third kappa shape index (κ3) is 3.71. The number of carbonyl (C=O) groups is 1. The Hall–Kier alpha value is -3.10. The largest absolute Gasteiger partial charge is 0.416 e. The zero-order valence-corrected chi connectivity index (χ0v) is 16.8. The van der Waals surface area contributed by atoms with Crippen molar-refractivity contribution in [2.75, 3.05) is 0 Å². The first-order valence-corrected chi connectivity index (χ1v) is 9.67. The van der Waals surface area contributed by atoms with E-state index in [-0.39, 0.29) is 17.9 Å². The van der Waals surface area contributed by atoms with Gasteiger partial charge in [0.2, 0.25) is 0 Å². The van der Waals surface area contributed by atoms with Crippen LogP contribution < -0.4 is 5.32 Å². The molecule has 2 N–H and O–H groups in total. The predicted octanol–water partition coefficient (Wildman–Crippen LogP) is 4.12. The van der Waals surface area contributed by atoms with E-state index < -0.39 is 11.7 Å². The molecule has 4 rings (SSSR count). The van der Waals surface area contributed by atoms with Crippen LogP contribution in [0.15, 0.2) is 30.3 Å². The van der Waals surface area contributed by atoms with E-state index in [1.807, 2.05) is 20.9 Å². The molecule has 6 nitrogen and oxygen atoms in total. The van der Waals surface area contributed by atoms with Crippen LogP contribution in [-0.4, -0.2) is 31.9 Å². The number of halogens is 3. The summed E-state index contributed by atoms with van der Waals surface area (Å²) >= 11 is 0. The van der Waals surface area contributed by atoms with Gasteiger partial charge in [-0.2, -0.15) is 23.4 Å². The summed E-state index contributed by atoms with van der Waals surface area (Å²) in [6.45, 7) is 3.84. The minimum atomic E-state index is -4.33. The highest BCUT2D eigenvalue weighted by molar-refractivity contribution is 5.93. The maximum atomic E-state index is 12.7. The second-order valence-electron chi connectivity index (χ2n) is 7.79. The van der Waals surface area contributed by atoms with E-state index >= 15 is 0 Å². The zero-order chi connectivity index (χ0) is 21.6. The first-order valence-electron chi connectivity index (χ1n) is 9.67. The number of nitrogens with zero attached hydrogens (tertiary/aromatic N) is 3. The lowest BCUT2D eigenvalue weighted by molar-refractivity contribution is -0.137. The van der Waals surface area contributed by atoms with Crippen LogP contribution in [0.4, 0.5) is 13.2 Å². The fraction of sp³-hybridized carbons (Fsp3) is 0.381. The van der Waals surface area contributed by atoms with E-state index in [4.69, 9.17) is 0 Å². The average molecular weight is 417 g/mol. The lowest BCUT2D eigenvalue weighted by Gasteiger charge is -2.36. The number of H-pyrrole nitrogens is 1. The van der Waals surface area contributed by atoms with Gasteiger partial charge in [0.1, 0.15) is 5.69 Å². The molecule has 0 spiro atoms. The quantitative estimate of drug-likeness (QED) is 0.671. The summed E-state index contributed by atoms with van der Waals surface area (Å²) in [6.07, 6.45) is -2.94. The van der Waals surface area contributed by atoms with Crippen molar-refractivity contribution >= 4 is 5.91 Å². The van der Waals surface area contributed by atoms with E-state index in [1.165, 1.54) is 12.1 Å². The van der Waals surface area contributed by atoms with Gasteiger partial charge in [-0.05, 0) is 56.4 Å². The molecular formula is C21H22F3N5O. The standard InChI is InChI=1S/C21H22F3N5O/c1-11-19(12(2)29(3)28-11)17-10-18(27-26-17)20(30)25-16-8-14(9-16)13-4-6-15(7-5-13)21(22,23)24/h4-7,10,14,16H,8-9H2,1-3H3,(H,25,30)(H,26,27). The number of rotatable bonds is 4. The SMILES string of the molecule is Cc1nn(C)c(C)c1-c1cc(C(=O)NC2CC(c3ccc(C(F)(F)F)cc3)C2)[nH]n1. The number of aromatic amines is 1. The van der Waals surface area contributed by atoms with Gasteiger partial charge in [0, 0.05) is 24.3 Å². The normalized spacial score (nSPS) is 18.9. The van der Waals surface area contributed by atoms with Crippen molar-refractivity contribution in [1.82, 2.24) is 25.3 Å². The van der Waals surface area contributed by atoms with Crippen LogP contribution in [0.2, 0.25) is 0 Å². The summed E-state index contributed by atoms with van der Waals surface area (Å²) in [7, 11) is 1.86. The van der Waals surface area contributed by atoms with Gasteiger partial charge >= 0.3 is 6.18 Å². The minimum absolute atomic E-state index is 0.0154. The molecule has 158 valence electrons. The number of aryl methyl sites for hydroxylation is 2. The minimum Gasteiger partial charge on any atom is -0.348 e. The predicted molar refractivity (Wildman–Crippen MR) is 105 cm³/mol. The summed E-state index contributed by atoms with van der Waals surface area (Å²) in [5, 5.41) is 14.4. The fourth-order valence-electron chi connectivity index (χ4n) is 3.93. The molecule has 1 amide bonds. The number of hydrogen-bond acceptors (Lipinski definition) is 3. The monoisotopic (exact) mass is 417 g/mol. The Morgan fingerprint density at radius 1 is 1.20 bits per heavy atom. The third-order valence-electron chi connectivity index (χ3n) is 5.77. The topological polar surface area (TPSA) is 75.6 Å². The number of aromatic nitrogens is 4. The Morgan fingerprint density at radius 3 is 2.43 bits per heavy atom. The van der Waals surface area contributed by atoms with Gasteiger partial charge in [0.15, 0.2) is 0 Å². The van der Waals surface area contributed by atoms with Crippen LogP contribution in [-0.2, 0) is 13.2 Å². The first-order chi connectivity index (χ1) is 14.1. The van der Waals surface area contributed by atoms with Crippen molar-refractivity contribution in [3.63, 3.8) is 0 Å². The molecule has 1 aromatic carbocycles. The van der Waals surface area contributed by atoms with Gasteiger partial charge < -0.3 is 5.32 Å². The smallest absolute Gasteiger partial charge is 0.348 e. The van der Waals surface area contributed by atoms with Crippen molar-refractivity contribution in [3.05, 3.63) is 58.5 Å². The molecule has 2 aromatic heterocycles. The molecule has 3 aromatic rings. The molecule has 30 heavy (non-hydrogen) atoms. The number of hydrogen-bond donors (Lipinski definition) is 2. The van der Waals surface area contributed by atoms with Crippen LogP contribution in [0.25, 0.3) is 11.3 Å². The molecule has 0 atom stereocenters. The molecule has 2 heterocycles. The van der Waals surface area contributed by atoms with E-state index in [1.54, 1.807) is 10.7 Å². The Bertz CT molecular complexity index is 1080. The van der Waals surface area contributed by atoms with Gasteiger partial charge in [0.25, 0.3) is 5.91 Å². The van der Waals surface area contributed by atoms with E-state index in [9.17, 15) is 18.0 Å². The van der Waals surface area contributed by atoms with Crippen LogP contribution in [0, 0.1) is 13.8 Å². The van der Waals surface area contributed by atoms with Crippen molar-refractivity contribution in [3.8, 4) is 11.3 Å². The summed E-state index contributed by atoms with van der Waals surface area (Å²) in [6, 6.07) is 6.94. The number of benzene rings is 1. The first kappa shape index (κ1) is 20.2. The number of nitrogens with one attached hydrogen (secondary N) is 2. The summed E-state index contributed by atoms with van der Waals surface area (Å²) in [4.78, 5) is 12.5. The number of alkyl halides is 3. The second kappa shape index (κ2) is 7.30. The fourth-order valence-corrected chi connectivity index (χ4v) is 3.93. The van der Waals surface area contributed by atoms with Crippen LogP contribution in [0.3, 0.4) is 0 Å². The van der Waals surface area contributed by atoms with E-state index in [0.717, 1.165) is 34.6 Å². The Labute approximate surface area is 171 Å². The Kier molecular flexibility index (Phi) is 4.91. The molecular weight excluding hydrogens is 395 g/mol. The van der Waals surface area contributed by atoms with Crippen molar-refractivity contribution in [2.24, 2.45) is 7.05 Å². The van der Waals surface area contributed by atoms with Crippen LogP contribution in [0.5, 0.6) is 0 Å². The Morgan fingerprint density at radius 2 is 1.87 bits per heavy atom. The molecule has 1 aliphatic rings. The third-order valence-corrected chi connectivity index (χ3v) is 5.77. The van der Waals surface area contributed by atoms with Crippen LogP contribution >= 0.6 is 0 Å². The molecule has 1 fully saturated rings. The van der Waals surface area contributed by atoms with Crippen molar-refractivity contribution < 1.29 is 18.0 Å². The Balaban J connectivity index is 1.36. The molecule has 1 aliphatic carbocycles. The zero-order valence-electron chi connectivity index (χ0n) is 16.8. The molecule has 1 saturated carbocycles. The molecule has 0 bridgehead atoms. The highest BCUT2D eigenvalue weighted by Crippen LogP contribution is 2.38. The molecule has 0 unspecified atom stereocenters. The van der Waals surface area contributed by atoms with Gasteiger partial charge in [-0.25, -0.2) is 0 Å². The van der Waals surface area contributed by atoms with E-state index in [0.29, 0.717) is 24.2 Å². The second-order valence-corrected chi connectivity index (χ2v) is 7.79. The molecule has 0 aliphatic heterocycles. The highest BCUT2D eigenvalue weighted by atomic mass is 19.4. The van der Waals surface area contributed by atoms with Crippen LogP contribution in [0.1, 0.15) is 51.8 Å². The molecule has 0 radical (unpaired) electrons. The molecule has 0 saturated heterocycles. The maximum Gasteiger partial charge on any atom is 0.416 e. The summed E-state index contributed by atoms with van der Waals surface area (Å²) < 4.78 is 39.8. The van der Waals surface area contributed by atoms with Gasteiger partial charge in [-0.15, -0.1) is 0 Å². The summed E-state index contributed by atoms with van der Waals surface area (Å²) in [5.41, 5.74) is 3.95. The van der Waals surface area contributed by atoms with Crippen molar-refractivity contribution in [1.29, 1.82) is 0 Å². The number of carbonyl (C=O) groups excluding carboxylic acids is 1. The number of amides is 1.